The number of rotatable bonds is 11. The van der Waals surface area contributed by atoms with E-state index in [1.807, 2.05) is 6.92 Å². The predicted molar refractivity (Wildman–Crippen MR) is 71.4 cm³/mol. The highest BCUT2D eigenvalue weighted by molar-refractivity contribution is 5.77. The van der Waals surface area contributed by atoms with Gasteiger partial charge in [-0.15, -0.1) is 0 Å². The second-order valence-corrected chi connectivity index (χ2v) is 4.51. The first-order chi connectivity index (χ1) is 8.60. The average molecular weight is 258 g/mol. The number of amides is 1. The van der Waals surface area contributed by atoms with Gasteiger partial charge >= 0.3 is 5.97 Å². The normalized spacial score (nSPS) is 12.1. The van der Waals surface area contributed by atoms with Crippen LogP contribution >= 0.6 is 0 Å². The molecule has 5 heteroatoms. The highest BCUT2D eigenvalue weighted by Gasteiger charge is 2.10. The summed E-state index contributed by atoms with van der Waals surface area (Å²) in [7, 11) is 0. The van der Waals surface area contributed by atoms with Gasteiger partial charge in [0, 0.05) is 13.0 Å². The summed E-state index contributed by atoms with van der Waals surface area (Å²) in [6.45, 7) is 5.82. The van der Waals surface area contributed by atoms with Crippen LogP contribution in [-0.2, 0) is 9.59 Å². The Bertz CT molecular complexity index is 244. The van der Waals surface area contributed by atoms with Crippen LogP contribution in [-0.4, -0.2) is 36.6 Å². The van der Waals surface area contributed by atoms with E-state index in [-0.39, 0.29) is 12.3 Å². The Kier molecular flexibility index (Phi) is 10.3. The summed E-state index contributed by atoms with van der Waals surface area (Å²) in [5.74, 6) is -0.344. The molecule has 0 aliphatic rings. The molecule has 0 spiro atoms. The van der Waals surface area contributed by atoms with Gasteiger partial charge in [-0.2, -0.15) is 0 Å². The van der Waals surface area contributed by atoms with Gasteiger partial charge in [0.15, 0.2) is 0 Å². The van der Waals surface area contributed by atoms with Crippen LogP contribution in [0.25, 0.3) is 0 Å². The van der Waals surface area contributed by atoms with E-state index in [1.165, 1.54) is 0 Å². The zero-order valence-electron chi connectivity index (χ0n) is 11.5. The van der Waals surface area contributed by atoms with Crippen molar-refractivity contribution in [2.24, 2.45) is 5.92 Å². The molecule has 1 amide bonds. The second kappa shape index (κ2) is 11.0. The van der Waals surface area contributed by atoms with E-state index in [4.69, 9.17) is 5.11 Å². The molecule has 0 aliphatic heterocycles. The first-order valence-electron chi connectivity index (χ1n) is 6.79. The van der Waals surface area contributed by atoms with Crippen molar-refractivity contribution in [2.45, 2.75) is 46.0 Å². The largest absolute Gasteiger partial charge is 0.481 e. The third kappa shape index (κ3) is 10.1. The molecular formula is C13H26N2O3. The zero-order valence-corrected chi connectivity index (χ0v) is 11.5. The Morgan fingerprint density at radius 2 is 1.89 bits per heavy atom. The number of carbonyl (C=O) groups excluding carboxylic acids is 1. The molecule has 5 nitrogen and oxygen atoms in total. The Morgan fingerprint density at radius 3 is 2.44 bits per heavy atom. The molecule has 1 unspecified atom stereocenters. The Hall–Kier alpha value is -1.10. The van der Waals surface area contributed by atoms with Crippen molar-refractivity contribution in [3.05, 3.63) is 0 Å². The van der Waals surface area contributed by atoms with Gasteiger partial charge in [0.1, 0.15) is 0 Å². The molecule has 1 atom stereocenters. The van der Waals surface area contributed by atoms with Crippen LogP contribution in [0.5, 0.6) is 0 Å². The first-order valence-corrected chi connectivity index (χ1v) is 6.79. The summed E-state index contributed by atoms with van der Waals surface area (Å²) in [6.07, 6.45) is 3.85. The minimum absolute atomic E-state index is 0.00494. The van der Waals surface area contributed by atoms with E-state index in [9.17, 15) is 9.59 Å². The van der Waals surface area contributed by atoms with E-state index >= 15 is 0 Å². The highest BCUT2D eigenvalue weighted by atomic mass is 16.4. The molecule has 0 aromatic rings. The van der Waals surface area contributed by atoms with Crippen molar-refractivity contribution in [2.75, 3.05) is 19.6 Å². The number of aliphatic carboxylic acids is 1. The molecule has 106 valence electrons. The fraction of sp³-hybridized carbons (Fsp3) is 0.846. The summed E-state index contributed by atoms with van der Waals surface area (Å²) in [5, 5.41) is 14.5. The molecule has 0 aliphatic carbocycles. The fourth-order valence-electron chi connectivity index (χ4n) is 1.89. The van der Waals surface area contributed by atoms with Gasteiger partial charge in [-0.25, -0.2) is 0 Å². The van der Waals surface area contributed by atoms with Crippen LogP contribution in [0.2, 0.25) is 0 Å². The number of carboxylic acid groups (broad SMARTS) is 1. The maximum Gasteiger partial charge on any atom is 0.303 e. The van der Waals surface area contributed by atoms with Gasteiger partial charge in [0.2, 0.25) is 5.91 Å². The SMILES string of the molecule is CCCC(CCNC(=O)CNCC)CCC(=O)O. The minimum Gasteiger partial charge on any atom is -0.481 e. The molecule has 0 aromatic carbocycles. The van der Waals surface area contributed by atoms with Gasteiger partial charge in [-0.1, -0.05) is 26.7 Å². The van der Waals surface area contributed by atoms with Crippen LogP contribution in [0.1, 0.15) is 46.0 Å². The number of carboxylic acids is 1. The summed E-state index contributed by atoms with van der Waals surface area (Å²) in [6, 6.07) is 0. The van der Waals surface area contributed by atoms with E-state index in [0.29, 0.717) is 25.4 Å². The van der Waals surface area contributed by atoms with Crippen molar-refractivity contribution in [3.63, 3.8) is 0 Å². The van der Waals surface area contributed by atoms with E-state index < -0.39 is 5.97 Å². The van der Waals surface area contributed by atoms with Crippen molar-refractivity contribution in [1.29, 1.82) is 0 Å². The molecule has 0 radical (unpaired) electrons. The summed E-state index contributed by atoms with van der Waals surface area (Å²) in [4.78, 5) is 21.9. The van der Waals surface area contributed by atoms with Crippen molar-refractivity contribution >= 4 is 11.9 Å². The van der Waals surface area contributed by atoms with Crippen LogP contribution in [0.15, 0.2) is 0 Å². The molecule has 0 aromatic heterocycles. The lowest BCUT2D eigenvalue weighted by molar-refractivity contribution is -0.137. The third-order valence-corrected chi connectivity index (χ3v) is 2.87. The van der Waals surface area contributed by atoms with Crippen LogP contribution in [0.4, 0.5) is 0 Å². The third-order valence-electron chi connectivity index (χ3n) is 2.87. The molecule has 0 fully saturated rings. The molecular weight excluding hydrogens is 232 g/mol. The molecule has 3 N–H and O–H groups in total. The number of nitrogens with one attached hydrogen (secondary N) is 2. The Labute approximate surface area is 109 Å². The molecule has 0 bridgehead atoms. The number of likely N-dealkylation sites (N-methyl/N-ethyl adjacent to an activating group) is 1. The van der Waals surface area contributed by atoms with Crippen LogP contribution in [0.3, 0.4) is 0 Å². The van der Waals surface area contributed by atoms with E-state index in [0.717, 1.165) is 25.8 Å². The Morgan fingerprint density at radius 1 is 1.17 bits per heavy atom. The van der Waals surface area contributed by atoms with Crippen LogP contribution in [0, 0.1) is 5.92 Å². The van der Waals surface area contributed by atoms with Gasteiger partial charge < -0.3 is 15.7 Å². The number of hydrogen-bond donors (Lipinski definition) is 3. The molecule has 0 rings (SSSR count). The van der Waals surface area contributed by atoms with Gasteiger partial charge in [-0.05, 0) is 25.3 Å². The number of hydrogen-bond acceptors (Lipinski definition) is 3. The molecule has 0 saturated carbocycles. The van der Waals surface area contributed by atoms with Crippen molar-refractivity contribution in [1.82, 2.24) is 10.6 Å². The summed E-state index contributed by atoms with van der Waals surface area (Å²) >= 11 is 0. The lowest BCUT2D eigenvalue weighted by Crippen LogP contribution is -2.34. The molecule has 0 saturated heterocycles. The summed E-state index contributed by atoms with van der Waals surface area (Å²) in [5.41, 5.74) is 0. The second-order valence-electron chi connectivity index (χ2n) is 4.51. The predicted octanol–water partition coefficient (Wildman–Crippen LogP) is 1.38. The van der Waals surface area contributed by atoms with E-state index in [2.05, 4.69) is 17.6 Å². The monoisotopic (exact) mass is 258 g/mol. The van der Waals surface area contributed by atoms with E-state index in [1.54, 1.807) is 0 Å². The smallest absolute Gasteiger partial charge is 0.303 e. The lowest BCUT2D eigenvalue weighted by atomic mass is 9.94. The highest BCUT2D eigenvalue weighted by Crippen LogP contribution is 2.16. The minimum atomic E-state index is -0.743. The van der Waals surface area contributed by atoms with Gasteiger partial charge in [0.05, 0.1) is 6.54 Å². The Balaban J connectivity index is 3.74. The molecule has 0 heterocycles. The first kappa shape index (κ1) is 16.9. The maximum absolute atomic E-state index is 11.3. The fourth-order valence-corrected chi connectivity index (χ4v) is 1.89. The molecule has 18 heavy (non-hydrogen) atoms. The van der Waals surface area contributed by atoms with Crippen LogP contribution < -0.4 is 10.6 Å². The zero-order chi connectivity index (χ0) is 13.8. The quantitative estimate of drug-likeness (QED) is 0.523. The maximum atomic E-state index is 11.3. The standard InChI is InChI=1S/C13H26N2O3/c1-3-5-11(6-7-13(17)18)8-9-15-12(16)10-14-4-2/h11,14H,3-10H2,1-2H3,(H,15,16)(H,17,18). The van der Waals surface area contributed by atoms with Gasteiger partial charge in [0.25, 0.3) is 0 Å². The topological polar surface area (TPSA) is 78.4 Å². The lowest BCUT2D eigenvalue weighted by Gasteiger charge is -2.15. The van der Waals surface area contributed by atoms with Crippen molar-refractivity contribution in [3.8, 4) is 0 Å². The summed E-state index contributed by atoms with van der Waals surface area (Å²) < 4.78 is 0. The van der Waals surface area contributed by atoms with Gasteiger partial charge in [-0.3, -0.25) is 9.59 Å². The average Bonchev–Trinajstić information content (AvgIpc) is 2.33. The number of carbonyl (C=O) groups is 2. The van der Waals surface area contributed by atoms with Crippen molar-refractivity contribution < 1.29 is 14.7 Å².